The third-order valence-electron chi connectivity index (χ3n) is 7.23. The van der Waals surface area contributed by atoms with Gasteiger partial charge in [-0.05, 0) is 81.3 Å². The average Bonchev–Trinajstić information content (AvgIpc) is 3.10. The van der Waals surface area contributed by atoms with Crippen LogP contribution in [0.5, 0.6) is 0 Å². The number of hydrogen-bond acceptors (Lipinski definition) is 3. The maximum Gasteiger partial charge on any atom is 0.0369 e. The van der Waals surface area contributed by atoms with Gasteiger partial charge in [-0.3, -0.25) is 9.80 Å². The van der Waals surface area contributed by atoms with Crippen molar-refractivity contribution in [3.05, 3.63) is 29.3 Å². The molecule has 136 valence electrons. The molecule has 3 saturated heterocycles. The van der Waals surface area contributed by atoms with E-state index in [4.69, 9.17) is 0 Å². The molecule has 0 amide bonds. The number of nitrogens with zero attached hydrogens (tertiary/aromatic N) is 3. The van der Waals surface area contributed by atoms with Gasteiger partial charge in [-0.2, -0.15) is 0 Å². The van der Waals surface area contributed by atoms with Gasteiger partial charge in [0.25, 0.3) is 0 Å². The summed E-state index contributed by atoms with van der Waals surface area (Å²) in [5, 5.41) is 0. The summed E-state index contributed by atoms with van der Waals surface area (Å²) in [6.45, 7) is 7.88. The van der Waals surface area contributed by atoms with Gasteiger partial charge in [0.2, 0.25) is 0 Å². The Morgan fingerprint density at radius 1 is 0.680 bits per heavy atom. The largest absolute Gasteiger partial charge is 0.371 e. The minimum atomic E-state index is 0.840. The molecule has 3 fully saturated rings. The first kappa shape index (κ1) is 16.1. The second-order valence-electron chi connectivity index (χ2n) is 8.73. The Labute approximate surface area is 153 Å². The van der Waals surface area contributed by atoms with Crippen LogP contribution in [0.15, 0.2) is 18.2 Å². The number of piperidine rings is 2. The number of likely N-dealkylation sites (tertiary alicyclic amines) is 2. The second kappa shape index (κ2) is 6.92. The lowest BCUT2D eigenvalue weighted by Gasteiger charge is -2.51. The van der Waals surface area contributed by atoms with Crippen molar-refractivity contribution < 1.29 is 0 Å². The van der Waals surface area contributed by atoms with E-state index in [1.165, 1.54) is 96.3 Å². The van der Waals surface area contributed by atoms with Crippen molar-refractivity contribution in [2.75, 3.05) is 44.2 Å². The van der Waals surface area contributed by atoms with E-state index in [2.05, 4.69) is 32.9 Å². The van der Waals surface area contributed by atoms with E-state index < -0.39 is 0 Å². The Hall–Kier alpha value is -1.06. The van der Waals surface area contributed by atoms with Crippen LogP contribution in [0, 0.1) is 0 Å². The van der Waals surface area contributed by atoms with Gasteiger partial charge in [-0.25, -0.2) is 0 Å². The van der Waals surface area contributed by atoms with Crippen molar-refractivity contribution in [1.29, 1.82) is 0 Å². The number of anilines is 1. The number of aryl methyl sites for hydroxylation is 2. The minimum Gasteiger partial charge on any atom is -0.371 e. The van der Waals surface area contributed by atoms with Gasteiger partial charge < -0.3 is 4.90 Å². The van der Waals surface area contributed by atoms with Gasteiger partial charge in [0.15, 0.2) is 0 Å². The monoisotopic (exact) mass is 339 g/mol. The van der Waals surface area contributed by atoms with Crippen LogP contribution < -0.4 is 4.90 Å². The molecule has 1 aliphatic carbocycles. The Morgan fingerprint density at radius 2 is 1.44 bits per heavy atom. The normalized spacial score (nSPS) is 26.6. The molecule has 3 heterocycles. The Kier molecular flexibility index (Phi) is 4.47. The number of rotatable bonds is 3. The first-order chi connectivity index (χ1) is 12.4. The summed E-state index contributed by atoms with van der Waals surface area (Å²) >= 11 is 0. The molecule has 4 aliphatic rings. The maximum absolute atomic E-state index is 2.78. The fourth-order valence-electron chi connectivity index (χ4n) is 5.54. The van der Waals surface area contributed by atoms with E-state index in [1.54, 1.807) is 11.1 Å². The van der Waals surface area contributed by atoms with Crippen LogP contribution >= 0.6 is 0 Å². The summed E-state index contributed by atoms with van der Waals surface area (Å²) < 4.78 is 0. The third-order valence-corrected chi connectivity index (χ3v) is 7.23. The molecular formula is C22H33N3. The fraction of sp³-hybridized carbons (Fsp3) is 0.727. The number of fused-ring (bicyclic) bond motifs is 1. The number of benzene rings is 1. The van der Waals surface area contributed by atoms with E-state index in [1.807, 2.05) is 0 Å². The van der Waals surface area contributed by atoms with Crippen LogP contribution in [0.4, 0.5) is 5.69 Å². The predicted molar refractivity (Wildman–Crippen MR) is 104 cm³/mol. The summed E-state index contributed by atoms with van der Waals surface area (Å²) in [4.78, 5) is 8.18. The predicted octanol–water partition coefficient (Wildman–Crippen LogP) is 3.31. The zero-order valence-electron chi connectivity index (χ0n) is 15.6. The lowest BCUT2D eigenvalue weighted by Crippen LogP contribution is -2.64. The lowest BCUT2D eigenvalue weighted by molar-refractivity contribution is -0.00937. The molecule has 0 N–H and O–H groups in total. The van der Waals surface area contributed by atoms with E-state index in [-0.39, 0.29) is 0 Å². The molecule has 5 rings (SSSR count). The van der Waals surface area contributed by atoms with Crippen molar-refractivity contribution in [2.45, 2.75) is 63.5 Å². The molecule has 3 heteroatoms. The molecule has 0 spiro atoms. The Morgan fingerprint density at radius 3 is 2.24 bits per heavy atom. The molecule has 1 aromatic rings. The summed E-state index contributed by atoms with van der Waals surface area (Å²) in [5.74, 6) is 0. The van der Waals surface area contributed by atoms with Crippen LogP contribution in [0.25, 0.3) is 0 Å². The van der Waals surface area contributed by atoms with Gasteiger partial charge in [0, 0.05) is 44.0 Å². The first-order valence-corrected chi connectivity index (χ1v) is 10.7. The molecule has 0 atom stereocenters. The fourth-order valence-corrected chi connectivity index (χ4v) is 5.54. The molecule has 25 heavy (non-hydrogen) atoms. The van der Waals surface area contributed by atoms with E-state index in [0.717, 1.165) is 12.1 Å². The third kappa shape index (κ3) is 3.21. The van der Waals surface area contributed by atoms with Gasteiger partial charge in [-0.15, -0.1) is 0 Å². The SMILES string of the molecule is c1cc2c(cc1N1CCC(N3CC(N4CCCCC4)C3)CC1)CCC2. The average molecular weight is 340 g/mol. The highest BCUT2D eigenvalue weighted by Gasteiger charge is 2.37. The van der Waals surface area contributed by atoms with Gasteiger partial charge >= 0.3 is 0 Å². The highest BCUT2D eigenvalue weighted by atomic mass is 15.3. The van der Waals surface area contributed by atoms with Crippen LogP contribution in [0.2, 0.25) is 0 Å². The van der Waals surface area contributed by atoms with Crippen molar-refractivity contribution in [2.24, 2.45) is 0 Å². The quantitative estimate of drug-likeness (QED) is 0.836. The van der Waals surface area contributed by atoms with E-state index >= 15 is 0 Å². The smallest absolute Gasteiger partial charge is 0.0369 e. The van der Waals surface area contributed by atoms with Crippen LogP contribution in [0.1, 0.15) is 49.7 Å². The van der Waals surface area contributed by atoms with Gasteiger partial charge in [0.1, 0.15) is 0 Å². The summed E-state index contributed by atoms with van der Waals surface area (Å²) in [6.07, 6.45) is 11.0. The van der Waals surface area contributed by atoms with Crippen molar-refractivity contribution in [1.82, 2.24) is 9.80 Å². The van der Waals surface area contributed by atoms with Crippen LogP contribution in [-0.2, 0) is 12.8 Å². The van der Waals surface area contributed by atoms with Gasteiger partial charge in [0.05, 0.1) is 0 Å². The van der Waals surface area contributed by atoms with E-state index in [0.29, 0.717) is 0 Å². The summed E-state index contributed by atoms with van der Waals surface area (Å²) in [5.41, 5.74) is 4.70. The molecule has 3 aliphatic heterocycles. The van der Waals surface area contributed by atoms with Crippen molar-refractivity contribution in [3.63, 3.8) is 0 Å². The molecule has 0 unspecified atom stereocenters. The molecular weight excluding hydrogens is 306 g/mol. The molecule has 0 saturated carbocycles. The Bertz CT molecular complexity index is 593. The lowest BCUT2D eigenvalue weighted by atomic mass is 9.95. The second-order valence-corrected chi connectivity index (χ2v) is 8.73. The van der Waals surface area contributed by atoms with Crippen LogP contribution in [-0.4, -0.2) is 61.2 Å². The minimum absolute atomic E-state index is 0.840. The topological polar surface area (TPSA) is 9.72 Å². The molecule has 0 bridgehead atoms. The zero-order valence-corrected chi connectivity index (χ0v) is 15.6. The highest BCUT2D eigenvalue weighted by molar-refractivity contribution is 5.52. The molecule has 3 nitrogen and oxygen atoms in total. The van der Waals surface area contributed by atoms with E-state index in [9.17, 15) is 0 Å². The van der Waals surface area contributed by atoms with Crippen molar-refractivity contribution >= 4 is 5.69 Å². The van der Waals surface area contributed by atoms with Crippen LogP contribution in [0.3, 0.4) is 0 Å². The van der Waals surface area contributed by atoms with Gasteiger partial charge in [-0.1, -0.05) is 12.5 Å². The first-order valence-electron chi connectivity index (χ1n) is 10.7. The maximum atomic E-state index is 2.78. The standard InChI is InChI=1S/C22H33N3/c1-2-11-23(12-3-1)22-16-25(17-22)20-9-13-24(14-10-20)21-8-7-18-5-4-6-19(18)15-21/h7-8,15,20,22H,1-6,9-14,16-17H2. The summed E-state index contributed by atoms with van der Waals surface area (Å²) in [6, 6.07) is 8.96. The van der Waals surface area contributed by atoms with Crippen molar-refractivity contribution in [3.8, 4) is 0 Å². The molecule has 1 aromatic carbocycles. The highest BCUT2D eigenvalue weighted by Crippen LogP contribution is 2.31. The summed E-state index contributed by atoms with van der Waals surface area (Å²) in [7, 11) is 0. The molecule has 0 aromatic heterocycles. The Balaban J connectivity index is 1.12. The zero-order chi connectivity index (χ0) is 16.6. The molecule has 0 radical (unpaired) electrons. The number of hydrogen-bond donors (Lipinski definition) is 0.